The normalized spacial score (nSPS) is 13.4. The van der Waals surface area contributed by atoms with Gasteiger partial charge in [-0.3, -0.25) is 9.59 Å². The highest BCUT2D eigenvalue weighted by Crippen LogP contribution is 2.34. The minimum Gasteiger partial charge on any atom is -0.321 e. The van der Waals surface area contributed by atoms with Gasteiger partial charge in [-0.2, -0.15) is 0 Å². The summed E-state index contributed by atoms with van der Waals surface area (Å²) in [5.74, 6) is 0.522. The van der Waals surface area contributed by atoms with Gasteiger partial charge in [-0.1, -0.05) is 35.9 Å². The predicted molar refractivity (Wildman–Crippen MR) is 116 cm³/mol. The standard InChI is InChI=1S/C23H20ClNO2S/c1-14-5-8-16(20(26)11-15-6-7-15)13-19(14)25-23(27)22-10-9-21(28-22)17-3-2-4-18(24)12-17/h2-5,8-10,12-13,15H,6-7,11H2,1H3,(H,25,27). The fourth-order valence-corrected chi connectivity index (χ4v) is 4.16. The Balaban J connectivity index is 1.51. The second-order valence-corrected chi connectivity index (χ2v) is 8.75. The highest BCUT2D eigenvalue weighted by molar-refractivity contribution is 7.17. The minimum atomic E-state index is -0.173. The van der Waals surface area contributed by atoms with Crippen LogP contribution in [0, 0.1) is 12.8 Å². The third kappa shape index (κ3) is 4.34. The van der Waals surface area contributed by atoms with Gasteiger partial charge in [0, 0.05) is 27.6 Å². The number of nitrogens with one attached hydrogen (secondary N) is 1. The molecule has 5 heteroatoms. The van der Waals surface area contributed by atoms with Gasteiger partial charge in [0.15, 0.2) is 5.78 Å². The van der Waals surface area contributed by atoms with E-state index >= 15 is 0 Å². The Morgan fingerprint density at radius 1 is 1.11 bits per heavy atom. The van der Waals surface area contributed by atoms with Crippen molar-refractivity contribution in [1.29, 1.82) is 0 Å². The van der Waals surface area contributed by atoms with Crippen molar-refractivity contribution in [3.63, 3.8) is 0 Å². The second kappa shape index (κ2) is 7.90. The van der Waals surface area contributed by atoms with Crippen LogP contribution in [0.5, 0.6) is 0 Å². The number of amides is 1. The van der Waals surface area contributed by atoms with Crippen LogP contribution in [0.15, 0.2) is 54.6 Å². The van der Waals surface area contributed by atoms with Gasteiger partial charge >= 0.3 is 0 Å². The van der Waals surface area contributed by atoms with Crippen molar-refractivity contribution in [3.8, 4) is 10.4 Å². The lowest BCUT2D eigenvalue weighted by Crippen LogP contribution is -2.12. The number of carbonyl (C=O) groups is 2. The summed E-state index contributed by atoms with van der Waals surface area (Å²) in [5.41, 5.74) is 3.27. The van der Waals surface area contributed by atoms with E-state index < -0.39 is 0 Å². The Morgan fingerprint density at radius 3 is 2.68 bits per heavy atom. The van der Waals surface area contributed by atoms with Gasteiger partial charge in [-0.15, -0.1) is 11.3 Å². The molecule has 1 amide bonds. The van der Waals surface area contributed by atoms with Crippen molar-refractivity contribution in [3.05, 3.63) is 75.6 Å². The molecule has 1 saturated carbocycles. The number of Topliss-reactive ketones (excluding diaryl/α,β-unsaturated/α-hetero) is 1. The van der Waals surface area contributed by atoms with E-state index in [4.69, 9.17) is 11.6 Å². The maximum atomic E-state index is 12.7. The first kappa shape index (κ1) is 18.9. The van der Waals surface area contributed by atoms with E-state index in [-0.39, 0.29) is 11.7 Å². The molecule has 3 aromatic rings. The van der Waals surface area contributed by atoms with Crippen LogP contribution in [-0.2, 0) is 0 Å². The molecule has 1 heterocycles. The van der Waals surface area contributed by atoms with Gasteiger partial charge in [0.05, 0.1) is 4.88 Å². The van der Waals surface area contributed by atoms with E-state index in [0.717, 1.165) is 28.8 Å². The van der Waals surface area contributed by atoms with Gasteiger partial charge in [-0.05, 0) is 67.1 Å². The highest BCUT2D eigenvalue weighted by atomic mass is 35.5. The SMILES string of the molecule is Cc1ccc(C(=O)CC2CC2)cc1NC(=O)c1ccc(-c2cccc(Cl)c2)s1. The number of thiophene rings is 1. The Labute approximate surface area is 173 Å². The number of ketones is 1. The summed E-state index contributed by atoms with van der Waals surface area (Å²) >= 11 is 7.48. The van der Waals surface area contributed by atoms with Crippen molar-refractivity contribution in [2.45, 2.75) is 26.2 Å². The van der Waals surface area contributed by atoms with Gasteiger partial charge in [0.2, 0.25) is 0 Å². The second-order valence-electron chi connectivity index (χ2n) is 7.23. The van der Waals surface area contributed by atoms with Gasteiger partial charge in [-0.25, -0.2) is 0 Å². The fourth-order valence-electron chi connectivity index (χ4n) is 3.07. The van der Waals surface area contributed by atoms with Crippen molar-refractivity contribution in [1.82, 2.24) is 0 Å². The highest BCUT2D eigenvalue weighted by Gasteiger charge is 2.25. The van der Waals surface area contributed by atoms with E-state index in [1.165, 1.54) is 11.3 Å². The van der Waals surface area contributed by atoms with Crippen molar-refractivity contribution in [2.75, 3.05) is 5.32 Å². The van der Waals surface area contributed by atoms with Crippen LogP contribution >= 0.6 is 22.9 Å². The quantitative estimate of drug-likeness (QED) is 0.465. The lowest BCUT2D eigenvalue weighted by Gasteiger charge is -2.10. The third-order valence-corrected chi connectivity index (χ3v) is 6.29. The summed E-state index contributed by atoms with van der Waals surface area (Å²) in [6, 6.07) is 16.8. The molecular weight excluding hydrogens is 390 g/mol. The van der Waals surface area contributed by atoms with Crippen LogP contribution in [0.25, 0.3) is 10.4 Å². The first-order valence-corrected chi connectivity index (χ1v) is 10.5. The molecule has 1 aromatic heterocycles. The molecule has 2 aromatic carbocycles. The molecule has 142 valence electrons. The number of anilines is 1. The molecule has 0 radical (unpaired) electrons. The molecule has 0 spiro atoms. The third-order valence-electron chi connectivity index (χ3n) is 4.92. The zero-order valence-corrected chi connectivity index (χ0v) is 17.1. The molecule has 4 rings (SSSR count). The molecule has 1 fully saturated rings. The first-order valence-electron chi connectivity index (χ1n) is 9.30. The first-order chi connectivity index (χ1) is 13.5. The number of carbonyl (C=O) groups excluding carboxylic acids is 2. The van der Waals surface area contributed by atoms with E-state index in [2.05, 4.69) is 5.32 Å². The Hall–Kier alpha value is -2.43. The van der Waals surface area contributed by atoms with Crippen LogP contribution in [0.3, 0.4) is 0 Å². The topological polar surface area (TPSA) is 46.2 Å². The smallest absolute Gasteiger partial charge is 0.265 e. The minimum absolute atomic E-state index is 0.150. The largest absolute Gasteiger partial charge is 0.321 e. The molecule has 0 bridgehead atoms. The van der Waals surface area contributed by atoms with Crippen LogP contribution in [0.1, 0.15) is 44.9 Å². The van der Waals surface area contributed by atoms with Crippen LogP contribution in [0.2, 0.25) is 5.02 Å². The Bertz CT molecular complexity index is 1050. The molecule has 3 nitrogen and oxygen atoms in total. The molecular formula is C23H20ClNO2S. The summed E-state index contributed by atoms with van der Waals surface area (Å²) in [6.07, 6.45) is 2.90. The van der Waals surface area contributed by atoms with E-state index in [0.29, 0.717) is 33.5 Å². The Morgan fingerprint density at radius 2 is 1.93 bits per heavy atom. The van der Waals surface area contributed by atoms with Gasteiger partial charge in [0.25, 0.3) is 5.91 Å². The van der Waals surface area contributed by atoms with Crippen LogP contribution in [0.4, 0.5) is 5.69 Å². The molecule has 0 saturated heterocycles. The zero-order chi connectivity index (χ0) is 19.7. The summed E-state index contributed by atoms with van der Waals surface area (Å²) in [7, 11) is 0. The number of aryl methyl sites for hydroxylation is 1. The summed E-state index contributed by atoms with van der Waals surface area (Å²) in [6.45, 7) is 1.93. The van der Waals surface area contributed by atoms with E-state index in [1.54, 1.807) is 6.07 Å². The van der Waals surface area contributed by atoms with E-state index in [9.17, 15) is 9.59 Å². The maximum absolute atomic E-state index is 12.7. The molecule has 1 aliphatic rings. The van der Waals surface area contributed by atoms with Crippen LogP contribution < -0.4 is 5.32 Å². The summed E-state index contributed by atoms with van der Waals surface area (Å²) in [5, 5.41) is 3.63. The lowest BCUT2D eigenvalue weighted by atomic mass is 10.0. The average Bonchev–Trinajstić information content (AvgIpc) is 3.34. The van der Waals surface area contributed by atoms with Gasteiger partial charge in [0.1, 0.15) is 0 Å². The molecule has 0 aliphatic heterocycles. The van der Waals surface area contributed by atoms with Gasteiger partial charge < -0.3 is 5.32 Å². The predicted octanol–water partition coefficient (Wildman–Crippen LogP) is 6.61. The van der Waals surface area contributed by atoms with Crippen molar-refractivity contribution < 1.29 is 9.59 Å². The fraction of sp³-hybridized carbons (Fsp3) is 0.217. The number of hydrogen-bond acceptors (Lipinski definition) is 3. The number of benzene rings is 2. The maximum Gasteiger partial charge on any atom is 0.265 e. The lowest BCUT2D eigenvalue weighted by molar-refractivity contribution is 0.0974. The number of hydrogen-bond donors (Lipinski definition) is 1. The van der Waals surface area contributed by atoms with E-state index in [1.807, 2.05) is 55.5 Å². The monoisotopic (exact) mass is 409 g/mol. The number of rotatable bonds is 6. The van der Waals surface area contributed by atoms with Crippen molar-refractivity contribution in [2.24, 2.45) is 5.92 Å². The zero-order valence-electron chi connectivity index (χ0n) is 15.5. The average molecular weight is 410 g/mol. The van der Waals surface area contributed by atoms with Crippen LogP contribution in [-0.4, -0.2) is 11.7 Å². The Kier molecular flexibility index (Phi) is 5.33. The van der Waals surface area contributed by atoms with Crippen molar-refractivity contribution >= 4 is 40.3 Å². The molecule has 0 unspecified atom stereocenters. The summed E-state index contributed by atoms with van der Waals surface area (Å²) in [4.78, 5) is 26.7. The molecule has 0 atom stereocenters. The number of halogens is 1. The summed E-state index contributed by atoms with van der Waals surface area (Å²) < 4.78 is 0. The molecule has 1 aliphatic carbocycles. The molecule has 1 N–H and O–H groups in total. The molecule has 28 heavy (non-hydrogen) atoms.